The SMILES string of the molecule is NNc1cccnc1S(=O)(=O)NCCN1CCCCC1. The average Bonchev–Trinajstić information content (AvgIpc) is 2.48. The molecule has 1 saturated heterocycles. The lowest BCUT2D eigenvalue weighted by molar-refractivity contribution is 0.232. The number of nitrogens with zero attached hydrogens (tertiary/aromatic N) is 2. The van der Waals surface area contributed by atoms with Crippen molar-refractivity contribution in [1.29, 1.82) is 0 Å². The van der Waals surface area contributed by atoms with Gasteiger partial charge in [-0.3, -0.25) is 5.84 Å². The first kappa shape index (κ1) is 15.2. The molecule has 7 nitrogen and oxygen atoms in total. The first-order valence-electron chi connectivity index (χ1n) is 6.77. The van der Waals surface area contributed by atoms with Crippen molar-refractivity contribution in [2.75, 3.05) is 31.6 Å². The topological polar surface area (TPSA) is 100 Å². The van der Waals surface area contributed by atoms with Gasteiger partial charge in [-0.05, 0) is 38.1 Å². The fourth-order valence-electron chi connectivity index (χ4n) is 2.30. The van der Waals surface area contributed by atoms with E-state index in [1.54, 1.807) is 12.1 Å². The standard InChI is InChI=1S/C12H21N5O2S/c13-16-11-5-4-6-14-12(11)20(18,19)15-7-10-17-8-2-1-3-9-17/h4-6,15-16H,1-3,7-10,13H2. The maximum Gasteiger partial charge on any atom is 0.260 e. The maximum absolute atomic E-state index is 12.2. The van der Waals surface area contributed by atoms with Crippen molar-refractivity contribution >= 4 is 15.7 Å². The van der Waals surface area contributed by atoms with E-state index in [-0.39, 0.29) is 10.7 Å². The van der Waals surface area contributed by atoms with Crippen LogP contribution in [0.5, 0.6) is 0 Å². The second-order valence-corrected chi connectivity index (χ2v) is 6.48. The molecule has 4 N–H and O–H groups in total. The van der Waals surface area contributed by atoms with Gasteiger partial charge >= 0.3 is 0 Å². The Morgan fingerprint density at radius 1 is 1.30 bits per heavy atom. The molecular weight excluding hydrogens is 278 g/mol. The second kappa shape index (κ2) is 6.98. The molecule has 1 aliphatic heterocycles. The van der Waals surface area contributed by atoms with Crippen molar-refractivity contribution in [3.05, 3.63) is 18.3 Å². The van der Waals surface area contributed by atoms with E-state index in [4.69, 9.17) is 5.84 Å². The first-order chi connectivity index (χ1) is 9.63. The molecule has 0 aliphatic carbocycles. The van der Waals surface area contributed by atoms with E-state index in [0.717, 1.165) is 19.6 Å². The molecule has 2 rings (SSSR count). The average molecular weight is 299 g/mol. The summed E-state index contributed by atoms with van der Waals surface area (Å²) in [6.45, 7) is 3.18. The molecule has 1 fully saturated rings. The molecule has 0 saturated carbocycles. The Morgan fingerprint density at radius 3 is 2.75 bits per heavy atom. The lowest BCUT2D eigenvalue weighted by Gasteiger charge is -2.26. The number of hydrazine groups is 1. The van der Waals surface area contributed by atoms with Crippen molar-refractivity contribution < 1.29 is 8.42 Å². The highest BCUT2D eigenvalue weighted by molar-refractivity contribution is 7.89. The van der Waals surface area contributed by atoms with Gasteiger partial charge in [0.15, 0.2) is 5.03 Å². The van der Waals surface area contributed by atoms with E-state index in [0.29, 0.717) is 6.54 Å². The zero-order valence-electron chi connectivity index (χ0n) is 11.4. The number of pyridine rings is 1. The van der Waals surface area contributed by atoms with Crippen LogP contribution in [0, 0.1) is 0 Å². The van der Waals surface area contributed by atoms with Gasteiger partial charge < -0.3 is 10.3 Å². The van der Waals surface area contributed by atoms with E-state index in [1.807, 2.05) is 0 Å². The lowest BCUT2D eigenvalue weighted by Crippen LogP contribution is -2.38. The van der Waals surface area contributed by atoms with Crippen LogP contribution in [0.15, 0.2) is 23.4 Å². The van der Waals surface area contributed by atoms with Crippen LogP contribution in [0.4, 0.5) is 5.69 Å². The van der Waals surface area contributed by atoms with Gasteiger partial charge in [0.05, 0.1) is 5.69 Å². The van der Waals surface area contributed by atoms with Crippen molar-refractivity contribution in [3.63, 3.8) is 0 Å². The van der Waals surface area contributed by atoms with E-state index in [1.165, 1.54) is 25.5 Å². The van der Waals surface area contributed by atoms with Crippen molar-refractivity contribution in [3.8, 4) is 0 Å². The van der Waals surface area contributed by atoms with Gasteiger partial charge in [-0.15, -0.1) is 0 Å². The molecule has 0 radical (unpaired) electrons. The summed E-state index contributed by atoms with van der Waals surface area (Å²) in [6, 6.07) is 3.20. The Bertz CT molecular complexity index is 528. The van der Waals surface area contributed by atoms with E-state index < -0.39 is 10.0 Å². The summed E-state index contributed by atoms with van der Waals surface area (Å²) in [7, 11) is -3.63. The Kier molecular flexibility index (Phi) is 5.30. The zero-order chi connectivity index (χ0) is 14.4. The van der Waals surface area contributed by atoms with Crippen LogP contribution in [-0.4, -0.2) is 44.5 Å². The third-order valence-electron chi connectivity index (χ3n) is 3.35. The molecule has 1 aliphatic rings. The molecule has 20 heavy (non-hydrogen) atoms. The Labute approximate surface area is 119 Å². The van der Waals surface area contributed by atoms with E-state index >= 15 is 0 Å². The smallest absolute Gasteiger partial charge is 0.260 e. The van der Waals surface area contributed by atoms with E-state index in [2.05, 4.69) is 20.0 Å². The summed E-state index contributed by atoms with van der Waals surface area (Å²) in [6.07, 6.45) is 5.07. The van der Waals surface area contributed by atoms with Crippen LogP contribution >= 0.6 is 0 Å². The summed E-state index contributed by atoms with van der Waals surface area (Å²) >= 11 is 0. The molecular formula is C12H21N5O2S. The fraction of sp³-hybridized carbons (Fsp3) is 0.583. The largest absolute Gasteiger partial charge is 0.321 e. The number of rotatable bonds is 6. The predicted octanol–water partition coefficient (Wildman–Crippen LogP) is 0.131. The highest BCUT2D eigenvalue weighted by atomic mass is 32.2. The minimum atomic E-state index is -3.63. The maximum atomic E-state index is 12.2. The van der Waals surface area contributed by atoms with Gasteiger partial charge in [0.1, 0.15) is 0 Å². The molecule has 0 atom stereocenters. The Morgan fingerprint density at radius 2 is 2.05 bits per heavy atom. The number of anilines is 1. The van der Waals surface area contributed by atoms with Crippen LogP contribution < -0.4 is 16.0 Å². The van der Waals surface area contributed by atoms with Gasteiger partial charge in [-0.2, -0.15) is 0 Å². The monoisotopic (exact) mass is 299 g/mol. The number of likely N-dealkylation sites (tertiary alicyclic amines) is 1. The summed E-state index contributed by atoms with van der Waals surface area (Å²) in [5.74, 6) is 5.30. The van der Waals surface area contributed by atoms with Crippen LogP contribution in [0.2, 0.25) is 0 Å². The number of nitrogen functional groups attached to an aromatic ring is 1. The molecule has 112 valence electrons. The third-order valence-corrected chi connectivity index (χ3v) is 4.77. The van der Waals surface area contributed by atoms with Gasteiger partial charge in [-0.1, -0.05) is 6.42 Å². The van der Waals surface area contributed by atoms with Crippen LogP contribution in [-0.2, 0) is 10.0 Å². The van der Waals surface area contributed by atoms with Crippen LogP contribution in [0.3, 0.4) is 0 Å². The number of hydrogen-bond donors (Lipinski definition) is 3. The molecule has 0 aromatic carbocycles. The summed E-state index contributed by atoms with van der Waals surface area (Å²) < 4.78 is 26.9. The number of piperidine rings is 1. The second-order valence-electron chi connectivity index (χ2n) is 4.80. The molecule has 1 aromatic rings. The van der Waals surface area contributed by atoms with Gasteiger partial charge in [0.25, 0.3) is 10.0 Å². The number of nitrogens with two attached hydrogens (primary N) is 1. The molecule has 0 bridgehead atoms. The molecule has 1 aromatic heterocycles. The number of sulfonamides is 1. The minimum absolute atomic E-state index is 0.0684. The summed E-state index contributed by atoms with van der Waals surface area (Å²) in [4.78, 5) is 6.15. The third kappa shape index (κ3) is 3.89. The first-order valence-corrected chi connectivity index (χ1v) is 8.25. The molecule has 0 unspecified atom stereocenters. The molecule has 0 spiro atoms. The van der Waals surface area contributed by atoms with Crippen LogP contribution in [0.1, 0.15) is 19.3 Å². The fourth-order valence-corrected chi connectivity index (χ4v) is 3.42. The minimum Gasteiger partial charge on any atom is -0.321 e. The summed E-state index contributed by atoms with van der Waals surface area (Å²) in [5, 5.41) is -0.0684. The molecule has 2 heterocycles. The van der Waals surface area contributed by atoms with Gasteiger partial charge in [0.2, 0.25) is 0 Å². The normalized spacial score (nSPS) is 17.1. The van der Waals surface area contributed by atoms with Crippen molar-refractivity contribution in [1.82, 2.24) is 14.6 Å². The summed E-state index contributed by atoms with van der Waals surface area (Å²) in [5.41, 5.74) is 2.64. The molecule has 0 amide bonds. The highest BCUT2D eigenvalue weighted by Gasteiger charge is 2.20. The van der Waals surface area contributed by atoms with Crippen molar-refractivity contribution in [2.24, 2.45) is 5.84 Å². The number of aromatic nitrogens is 1. The molecule has 8 heteroatoms. The zero-order valence-corrected chi connectivity index (χ0v) is 12.2. The van der Waals surface area contributed by atoms with Crippen LogP contribution in [0.25, 0.3) is 0 Å². The van der Waals surface area contributed by atoms with Crippen molar-refractivity contribution in [2.45, 2.75) is 24.3 Å². The number of hydrogen-bond acceptors (Lipinski definition) is 6. The number of nitrogens with one attached hydrogen (secondary N) is 2. The lowest BCUT2D eigenvalue weighted by atomic mass is 10.1. The predicted molar refractivity (Wildman–Crippen MR) is 77.5 cm³/mol. The quantitative estimate of drug-likeness (QED) is 0.510. The van der Waals surface area contributed by atoms with Gasteiger partial charge in [-0.25, -0.2) is 18.1 Å². The van der Waals surface area contributed by atoms with E-state index in [9.17, 15) is 8.42 Å². The Hall–Kier alpha value is -1.22. The Balaban J connectivity index is 1.93. The highest BCUT2D eigenvalue weighted by Crippen LogP contribution is 2.16. The van der Waals surface area contributed by atoms with Gasteiger partial charge in [0, 0.05) is 19.3 Å².